The van der Waals surface area contributed by atoms with Gasteiger partial charge in [-0.3, -0.25) is 14.9 Å². The lowest BCUT2D eigenvalue weighted by molar-refractivity contribution is -0.119. The van der Waals surface area contributed by atoms with Crippen molar-refractivity contribution in [1.82, 2.24) is 15.1 Å². The monoisotopic (exact) mass is 532 g/mol. The van der Waals surface area contributed by atoms with Crippen molar-refractivity contribution in [2.75, 3.05) is 11.9 Å². The molecule has 2 amide bonds. The molecule has 1 atom stereocenters. The van der Waals surface area contributed by atoms with Crippen LogP contribution in [0.25, 0.3) is 21.7 Å². The van der Waals surface area contributed by atoms with Gasteiger partial charge in [0.25, 0.3) is 5.91 Å². The molecular formula is C26H21BrN4O2S. The SMILES string of the molecule is O=C(Nc1nnc(-c2ccc(Br)cc2)s1)C1CCCN1C(=O)c1ccc(-c2ccccc2)cc1. The van der Waals surface area contributed by atoms with Gasteiger partial charge in [-0.15, -0.1) is 10.2 Å². The molecule has 170 valence electrons. The molecule has 1 aliphatic rings. The third-order valence-corrected chi connectivity index (χ3v) is 7.22. The van der Waals surface area contributed by atoms with Crippen LogP contribution in [0.2, 0.25) is 0 Å². The van der Waals surface area contributed by atoms with Crippen LogP contribution < -0.4 is 5.32 Å². The normalized spacial score (nSPS) is 15.3. The second kappa shape index (κ2) is 9.87. The van der Waals surface area contributed by atoms with Crippen molar-refractivity contribution >= 4 is 44.2 Å². The van der Waals surface area contributed by atoms with Crippen LogP contribution in [0, 0.1) is 0 Å². The van der Waals surface area contributed by atoms with Crippen molar-refractivity contribution < 1.29 is 9.59 Å². The zero-order valence-electron chi connectivity index (χ0n) is 18.1. The number of amides is 2. The van der Waals surface area contributed by atoms with Gasteiger partial charge in [0.2, 0.25) is 11.0 Å². The number of halogens is 1. The summed E-state index contributed by atoms with van der Waals surface area (Å²) in [5.74, 6) is -0.365. The average molecular weight is 533 g/mol. The Balaban J connectivity index is 1.27. The van der Waals surface area contributed by atoms with E-state index in [0.717, 1.165) is 32.6 Å². The lowest BCUT2D eigenvalue weighted by Crippen LogP contribution is -2.43. The van der Waals surface area contributed by atoms with Crippen molar-refractivity contribution in [3.8, 4) is 21.7 Å². The molecule has 0 radical (unpaired) electrons. The first-order valence-electron chi connectivity index (χ1n) is 11.0. The maximum absolute atomic E-state index is 13.2. The minimum Gasteiger partial charge on any atom is -0.327 e. The van der Waals surface area contributed by atoms with E-state index in [2.05, 4.69) is 31.4 Å². The number of hydrogen-bond donors (Lipinski definition) is 1. The van der Waals surface area contributed by atoms with Gasteiger partial charge in [-0.05, 0) is 48.2 Å². The number of aromatic nitrogens is 2. The molecule has 0 bridgehead atoms. The maximum atomic E-state index is 13.2. The van der Waals surface area contributed by atoms with Gasteiger partial charge >= 0.3 is 0 Å². The Morgan fingerprint density at radius 1 is 0.882 bits per heavy atom. The van der Waals surface area contributed by atoms with E-state index >= 15 is 0 Å². The molecule has 0 saturated carbocycles. The summed E-state index contributed by atoms with van der Waals surface area (Å²) in [5, 5.41) is 12.3. The van der Waals surface area contributed by atoms with Crippen molar-refractivity contribution in [1.29, 1.82) is 0 Å². The summed E-state index contributed by atoms with van der Waals surface area (Å²) in [7, 11) is 0. The molecule has 1 aromatic heterocycles. The van der Waals surface area contributed by atoms with E-state index in [-0.39, 0.29) is 11.8 Å². The smallest absolute Gasteiger partial charge is 0.254 e. The van der Waals surface area contributed by atoms with E-state index in [4.69, 9.17) is 0 Å². The van der Waals surface area contributed by atoms with Crippen LogP contribution in [0.3, 0.4) is 0 Å². The molecule has 1 aliphatic heterocycles. The zero-order chi connectivity index (χ0) is 23.5. The first kappa shape index (κ1) is 22.4. The molecular weight excluding hydrogens is 512 g/mol. The third-order valence-electron chi connectivity index (χ3n) is 5.80. The highest BCUT2D eigenvalue weighted by Gasteiger charge is 2.35. The Labute approximate surface area is 209 Å². The van der Waals surface area contributed by atoms with Crippen LogP contribution in [0.5, 0.6) is 0 Å². The third kappa shape index (κ3) is 4.78. The van der Waals surface area contributed by atoms with Crippen LogP contribution in [-0.2, 0) is 4.79 Å². The van der Waals surface area contributed by atoms with E-state index < -0.39 is 6.04 Å². The summed E-state index contributed by atoms with van der Waals surface area (Å²) in [6, 6.07) is 24.8. The molecule has 5 rings (SSSR count). The number of nitrogens with one attached hydrogen (secondary N) is 1. The van der Waals surface area contributed by atoms with Crippen molar-refractivity contribution in [2.24, 2.45) is 0 Å². The Bertz CT molecular complexity index is 1310. The molecule has 1 unspecified atom stereocenters. The molecule has 0 aliphatic carbocycles. The Kier molecular flexibility index (Phi) is 6.51. The van der Waals surface area contributed by atoms with Crippen LogP contribution in [-0.4, -0.2) is 39.5 Å². The molecule has 1 N–H and O–H groups in total. The van der Waals surface area contributed by atoms with Gasteiger partial charge in [0, 0.05) is 22.1 Å². The molecule has 1 fully saturated rings. The number of anilines is 1. The summed E-state index contributed by atoms with van der Waals surface area (Å²) in [6.45, 7) is 0.553. The van der Waals surface area contributed by atoms with Crippen molar-refractivity contribution in [2.45, 2.75) is 18.9 Å². The van der Waals surface area contributed by atoms with E-state index in [0.29, 0.717) is 23.7 Å². The standard InChI is InChI=1S/C26H21BrN4O2S/c27-21-14-12-19(13-15-21)24-29-30-26(34-24)28-23(32)22-7-4-16-31(22)25(33)20-10-8-18(9-11-20)17-5-2-1-3-6-17/h1-3,5-6,8-15,22H,4,7,16H2,(H,28,30,32). The molecule has 0 spiro atoms. The Hall–Kier alpha value is -3.36. The van der Waals surface area contributed by atoms with Crippen LogP contribution in [0.1, 0.15) is 23.2 Å². The Morgan fingerprint density at radius 2 is 1.56 bits per heavy atom. The van der Waals surface area contributed by atoms with Gasteiger partial charge in [-0.2, -0.15) is 0 Å². The molecule has 4 aromatic rings. The van der Waals surface area contributed by atoms with E-state index in [9.17, 15) is 9.59 Å². The number of rotatable bonds is 5. The summed E-state index contributed by atoms with van der Waals surface area (Å²) in [4.78, 5) is 27.9. The number of carbonyl (C=O) groups is 2. The predicted molar refractivity (Wildman–Crippen MR) is 138 cm³/mol. The van der Waals surface area contributed by atoms with Crippen molar-refractivity contribution in [3.05, 3.63) is 88.9 Å². The fraction of sp³-hybridized carbons (Fsp3) is 0.154. The van der Waals surface area contributed by atoms with Gasteiger partial charge in [-0.1, -0.05) is 81.9 Å². The maximum Gasteiger partial charge on any atom is 0.254 e. The number of hydrogen-bond acceptors (Lipinski definition) is 5. The second-order valence-electron chi connectivity index (χ2n) is 8.01. The zero-order valence-corrected chi connectivity index (χ0v) is 20.6. The molecule has 1 saturated heterocycles. The summed E-state index contributed by atoms with van der Waals surface area (Å²) in [5.41, 5.74) is 3.65. The van der Waals surface area contributed by atoms with Gasteiger partial charge in [0.05, 0.1) is 0 Å². The quantitative estimate of drug-likeness (QED) is 0.348. The summed E-state index contributed by atoms with van der Waals surface area (Å²) in [6.07, 6.45) is 1.41. The number of benzene rings is 3. The van der Waals surface area contributed by atoms with Crippen LogP contribution >= 0.6 is 27.3 Å². The molecule has 3 aromatic carbocycles. The van der Waals surface area contributed by atoms with E-state index in [1.165, 1.54) is 11.3 Å². The first-order valence-corrected chi connectivity index (χ1v) is 12.6. The van der Waals surface area contributed by atoms with Crippen molar-refractivity contribution in [3.63, 3.8) is 0 Å². The van der Waals surface area contributed by atoms with Gasteiger partial charge in [0.1, 0.15) is 11.0 Å². The Morgan fingerprint density at radius 3 is 2.29 bits per heavy atom. The lowest BCUT2D eigenvalue weighted by Gasteiger charge is -2.23. The van der Waals surface area contributed by atoms with Gasteiger partial charge < -0.3 is 4.90 Å². The first-order chi connectivity index (χ1) is 16.6. The summed E-state index contributed by atoms with van der Waals surface area (Å²) >= 11 is 4.73. The second-order valence-corrected chi connectivity index (χ2v) is 9.90. The van der Waals surface area contributed by atoms with Gasteiger partial charge in [0.15, 0.2) is 0 Å². The van der Waals surface area contributed by atoms with Gasteiger partial charge in [-0.25, -0.2) is 0 Å². The fourth-order valence-corrected chi connectivity index (χ4v) is 5.07. The number of nitrogens with zero attached hydrogens (tertiary/aromatic N) is 3. The lowest BCUT2D eigenvalue weighted by atomic mass is 10.0. The predicted octanol–water partition coefficient (Wildman–Crippen LogP) is 5.88. The highest BCUT2D eigenvalue weighted by molar-refractivity contribution is 9.10. The topological polar surface area (TPSA) is 75.2 Å². The van der Waals surface area contributed by atoms with Crippen LogP contribution in [0.15, 0.2) is 83.3 Å². The fourth-order valence-electron chi connectivity index (χ4n) is 4.06. The highest BCUT2D eigenvalue weighted by atomic mass is 79.9. The summed E-state index contributed by atoms with van der Waals surface area (Å²) < 4.78 is 0.981. The molecule has 8 heteroatoms. The largest absolute Gasteiger partial charge is 0.327 e. The number of carbonyl (C=O) groups excluding carboxylic acids is 2. The molecule has 2 heterocycles. The number of likely N-dealkylation sites (tertiary alicyclic amines) is 1. The molecule has 6 nitrogen and oxygen atoms in total. The minimum atomic E-state index is -0.527. The average Bonchev–Trinajstić information content (AvgIpc) is 3.55. The van der Waals surface area contributed by atoms with Crippen LogP contribution in [0.4, 0.5) is 5.13 Å². The molecule has 34 heavy (non-hydrogen) atoms. The highest BCUT2D eigenvalue weighted by Crippen LogP contribution is 2.29. The minimum absolute atomic E-state index is 0.134. The van der Waals surface area contributed by atoms with E-state index in [1.54, 1.807) is 4.90 Å². The van der Waals surface area contributed by atoms with E-state index in [1.807, 2.05) is 78.9 Å².